The SMILES string of the molecule is Cc1ccccc1NC(=O)CCC(=O)NN=Cc1ccc2c(c1)OCO2. The van der Waals surface area contributed by atoms with Crippen LogP contribution in [0.5, 0.6) is 11.5 Å². The maximum atomic E-state index is 11.9. The summed E-state index contributed by atoms with van der Waals surface area (Å²) >= 11 is 0. The van der Waals surface area contributed by atoms with Gasteiger partial charge in [0.15, 0.2) is 11.5 Å². The predicted octanol–water partition coefficient (Wildman–Crippen LogP) is 2.59. The maximum Gasteiger partial charge on any atom is 0.240 e. The van der Waals surface area contributed by atoms with Crippen molar-refractivity contribution >= 4 is 23.7 Å². The van der Waals surface area contributed by atoms with Crippen molar-refractivity contribution in [3.8, 4) is 11.5 Å². The zero-order chi connectivity index (χ0) is 18.4. The molecule has 2 aromatic rings. The van der Waals surface area contributed by atoms with Gasteiger partial charge in [0.1, 0.15) is 0 Å². The van der Waals surface area contributed by atoms with Gasteiger partial charge in [0, 0.05) is 18.5 Å². The summed E-state index contributed by atoms with van der Waals surface area (Å²) in [7, 11) is 0. The van der Waals surface area contributed by atoms with E-state index in [2.05, 4.69) is 15.8 Å². The fraction of sp³-hybridized carbons (Fsp3) is 0.211. The van der Waals surface area contributed by atoms with E-state index >= 15 is 0 Å². The third-order valence-electron chi connectivity index (χ3n) is 3.80. The molecule has 0 bridgehead atoms. The third-order valence-corrected chi connectivity index (χ3v) is 3.80. The average Bonchev–Trinajstić information content (AvgIpc) is 3.10. The van der Waals surface area contributed by atoms with Crippen molar-refractivity contribution in [3.05, 3.63) is 53.6 Å². The van der Waals surface area contributed by atoms with Gasteiger partial charge in [-0.2, -0.15) is 5.10 Å². The van der Waals surface area contributed by atoms with E-state index in [0.29, 0.717) is 11.5 Å². The topological polar surface area (TPSA) is 89.0 Å². The minimum absolute atomic E-state index is 0.0518. The Morgan fingerprint density at radius 1 is 1.08 bits per heavy atom. The fourth-order valence-corrected chi connectivity index (χ4v) is 2.38. The molecule has 0 aromatic heterocycles. The van der Waals surface area contributed by atoms with E-state index in [-0.39, 0.29) is 31.4 Å². The molecule has 2 amide bonds. The quantitative estimate of drug-likeness (QED) is 0.617. The lowest BCUT2D eigenvalue weighted by molar-refractivity contribution is -0.124. The Bertz CT molecular complexity index is 848. The van der Waals surface area contributed by atoms with E-state index in [1.165, 1.54) is 6.21 Å². The van der Waals surface area contributed by atoms with Crippen molar-refractivity contribution in [2.24, 2.45) is 5.10 Å². The number of carbonyl (C=O) groups is 2. The zero-order valence-electron chi connectivity index (χ0n) is 14.3. The Labute approximate surface area is 151 Å². The number of ether oxygens (including phenoxy) is 2. The molecule has 1 heterocycles. The van der Waals surface area contributed by atoms with E-state index in [4.69, 9.17) is 9.47 Å². The molecule has 0 aliphatic carbocycles. The van der Waals surface area contributed by atoms with Crippen molar-refractivity contribution in [3.63, 3.8) is 0 Å². The summed E-state index contributed by atoms with van der Waals surface area (Å²) in [4.78, 5) is 23.7. The lowest BCUT2D eigenvalue weighted by Crippen LogP contribution is -2.20. The fourth-order valence-electron chi connectivity index (χ4n) is 2.38. The van der Waals surface area contributed by atoms with Crippen LogP contribution in [0.1, 0.15) is 24.0 Å². The first-order valence-electron chi connectivity index (χ1n) is 8.19. The number of benzene rings is 2. The van der Waals surface area contributed by atoms with Gasteiger partial charge in [-0.3, -0.25) is 9.59 Å². The molecule has 1 aliphatic heterocycles. The largest absolute Gasteiger partial charge is 0.454 e. The Kier molecular flexibility index (Phi) is 5.48. The van der Waals surface area contributed by atoms with E-state index in [9.17, 15) is 9.59 Å². The number of carbonyl (C=O) groups excluding carboxylic acids is 2. The van der Waals surface area contributed by atoms with Gasteiger partial charge >= 0.3 is 0 Å². The summed E-state index contributed by atoms with van der Waals surface area (Å²) in [6, 6.07) is 12.8. The second-order valence-corrected chi connectivity index (χ2v) is 5.77. The highest BCUT2D eigenvalue weighted by Crippen LogP contribution is 2.31. The highest BCUT2D eigenvalue weighted by molar-refractivity contribution is 5.94. The van der Waals surface area contributed by atoms with Crippen molar-refractivity contribution < 1.29 is 19.1 Å². The number of aryl methyl sites for hydroxylation is 1. The van der Waals surface area contributed by atoms with Gasteiger partial charge < -0.3 is 14.8 Å². The van der Waals surface area contributed by atoms with E-state index in [0.717, 1.165) is 16.8 Å². The Hall–Kier alpha value is -3.35. The van der Waals surface area contributed by atoms with Crippen LogP contribution < -0.4 is 20.2 Å². The molecule has 3 rings (SSSR count). The summed E-state index contributed by atoms with van der Waals surface area (Å²) in [6.07, 6.45) is 1.64. The van der Waals surface area contributed by atoms with E-state index in [1.807, 2.05) is 31.2 Å². The maximum absolute atomic E-state index is 11.9. The molecule has 7 nitrogen and oxygen atoms in total. The highest BCUT2D eigenvalue weighted by atomic mass is 16.7. The average molecular weight is 353 g/mol. The lowest BCUT2D eigenvalue weighted by Gasteiger charge is -2.07. The van der Waals surface area contributed by atoms with Gasteiger partial charge in [-0.25, -0.2) is 5.43 Å². The molecule has 26 heavy (non-hydrogen) atoms. The number of hydrogen-bond donors (Lipinski definition) is 2. The van der Waals surface area contributed by atoms with Crippen molar-refractivity contribution in [2.75, 3.05) is 12.1 Å². The second-order valence-electron chi connectivity index (χ2n) is 5.77. The number of fused-ring (bicyclic) bond motifs is 1. The molecule has 2 aromatic carbocycles. The molecule has 0 fully saturated rings. The normalized spacial score (nSPS) is 12.2. The molecule has 0 saturated carbocycles. The summed E-state index contributed by atoms with van der Waals surface area (Å²) in [6.45, 7) is 2.12. The zero-order valence-corrected chi connectivity index (χ0v) is 14.3. The number of nitrogens with zero attached hydrogens (tertiary/aromatic N) is 1. The van der Waals surface area contributed by atoms with E-state index < -0.39 is 0 Å². The van der Waals surface area contributed by atoms with Gasteiger partial charge in [0.2, 0.25) is 18.6 Å². The van der Waals surface area contributed by atoms with Gasteiger partial charge in [0.05, 0.1) is 6.21 Å². The first-order chi connectivity index (χ1) is 12.6. The van der Waals surface area contributed by atoms with Crippen LogP contribution in [0.25, 0.3) is 0 Å². The van der Waals surface area contributed by atoms with Crippen LogP contribution in [0.3, 0.4) is 0 Å². The molecule has 7 heteroatoms. The van der Waals surface area contributed by atoms with Crippen LogP contribution in [0.15, 0.2) is 47.6 Å². The Balaban J connectivity index is 1.42. The molecule has 134 valence electrons. The summed E-state index contributed by atoms with van der Waals surface area (Å²) < 4.78 is 10.5. The molecule has 0 spiro atoms. The highest BCUT2D eigenvalue weighted by Gasteiger charge is 2.12. The summed E-state index contributed by atoms with van der Waals surface area (Å²) in [5, 5.41) is 6.68. The third kappa shape index (κ3) is 4.60. The summed E-state index contributed by atoms with van der Waals surface area (Å²) in [5.41, 5.74) is 4.90. The van der Waals surface area contributed by atoms with Gasteiger partial charge in [-0.05, 0) is 42.3 Å². The number of hydrazone groups is 1. The van der Waals surface area contributed by atoms with Gasteiger partial charge in [0.25, 0.3) is 0 Å². The van der Waals surface area contributed by atoms with Gasteiger partial charge in [-0.1, -0.05) is 18.2 Å². The van der Waals surface area contributed by atoms with Crippen LogP contribution in [0, 0.1) is 6.92 Å². The number of rotatable bonds is 6. The molecule has 1 aliphatic rings. The van der Waals surface area contributed by atoms with Crippen LogP contribution in [0.4, 0.5) is 5.69 Å². The second kappa shape index (κ2) is 8.15. The molecule has 0 radical (unpaired) electrons. The molecular formula is C19H19N3O4. The van der Waals surface area contributed by atoms with Crippen LogP contribution in [0.2, 0.25) is 0 Å². The summed E-state index contributed by atoms with van der Waals surface area (Å²) in [5.74, 6) is 0.787. The minimum Gasteiger partial charge on any atom is -0.454 e. The van der Waals surface area contributed by atoms with Crippen LogP contribution in [-0.2, 0) is 9.59 Å². The number of amides is 2. The smallest absolute Gasteiger partial charge is 0.240 e. The van der Waals surface area contributed by atoms with E-state index in [1.54, 1.807) is 18.2 Å². The monoisotopic (exact) mass is 353 g/mol. The van der Waals surface area contributed by atoms with Crippen LogP contribution in [-0.4, -0.2) is 24.8 Å². The Morgan fingerprint density at radius 2 is 1.85 bits per heavy atom. The number of nitrogens with one attached hydrogen (secondary N) is 2. The number of para-hydroxylation sites is 1. The molecular weight excluding hydrogens is 334 g/mol. The molecule has 2 N–H and O–H groups in total. The first kappa shape index (κ1) is 17.5. The minimum atomic E-state index is -0.332. The predicted molar refractivity (Wildman–Crippen MR) is 97.3 cm³/mol. The van der Waals surface area contributed by atoms with Crippen molar-refractivity contribution in [2.45, 2.75) is 19.8 Å². The number of hydrogen-bond acceptors (Lipinski definition) is 5. The molecule has 0 saturated heterocycles. The van der Waals surface area contributed by atoms with Crippen LogP contribution >= 0.6 is 0 Å². The van der Waals surface area contributed by atoms with Crippen molar-refractivity contribution in [1.82, 2.24) is 5.43 Å². The molecule has 0 unspecified atom stereocenters. The number of anilines is 1. The lowest BCUT2D eigenvalue weighted by atomic mass is 10.2. The van der Waals surface area contributed by atoms with Gasteiger partial charge in [-0.15, -0.1) is 0 Å². The molecule has 0 atom stereocenters. The standard InChI is InChI=1S/C19H19N3O4/c1-13-4-2-3-5-15(13)21-18(23)8-9-19(24)22-20-11-14-6-7-16-17(10-14)26-12-25-16/h2-7,10-11H,8-9,12H2,1H3,(H,21,23)(H,22,24). The Morgan fingerprint density at radius 3 is 2.69 bits per heavy atom. The first-order valence-corrected chi connectivity index (χ1v) is 8.19. The van der Waals surface area contributed by atoms with Crippen molar-refractivity contribution in [1.29, 1.82) is 0 Å².